The Morgan fingerprint density at radius 1 is 1.09 bits per heavy atom. The van der Waals surface area contributed by atoms with E-state index in [1.807, 2.05) is 0 Å². The molecule has 0 aliphatic carbocycles. The molecule has 0 saturated carbocycles. The number of H-pyrrole nitrogens is 1. The first kappa shape index (κ1) is 21.2. The van der Waals surface area contributed by atoms with Gasteiger partial charge in [0.2, 0.25) is 5.91 Å². The van der Waals surface area contributed by atoms with Gasteiger partial charge in [-0.15, -0.1) is 0 Å². The fourth-order valence-corrected chi connectivity index (χ4v) is 4.44. The van der Waals surface area contributed by atoms with Gasteiger partial charge in [0.05, 0.1) is 16.5 Å². The van der Waals surface area contributed by atoms with Gasteiger partial charge in [0.25, 0.3) is 15.6 Å². The topological polar surface area (TPSA) is 150 Å². The summed E-state index contributed by atoms with van der Waals surface area (Å²) in [6.07, 6.45) is -0.0859. The van der Waals surface area contributed by atoms with Crippen LogP contribution in [0, 0.1) is 5.92 Å². The molecular formula is C21H18N4O6S. The molecule has 1 aromatic heterocycles. The van der Waals surface area contributed by atoms with Gasteiger partial charge in [-0.2, -0.15) is 5.10 Å². The Morgan fingerprint density at radius 3 is 2.47 bits per heavy atom. The smallest absolute Gasteiger partial charge is 0.308 e. The summed E-state index contributed by atoms with van der Waals surface area (Å²) in [6, 6.07) is 15.0. The molecule has 11 heteroatoms. The third-order valence-electron chi connectivity index (χ3n) is 5.02. The number of benzene rings is 2. The number of aromatic amines is 1. The van der Waals surface area contributed by atoms with Crippen LogP contribution in [0.1, 0.15) is 6.42 Å². The number of hydrogen-bond donors (Lipinski definition) is 3. The fraction of sp³-hybridized carbons (Fsp3) is 0.143. The number of aliphatic carboxylic acids is 1. The number of rotatable bonds is 6. The minimum atomic E-state index is -3.92. The molecule has 2 aromatic carbocycles. The van der Waals surface area contributed by atoms with Crippen molar-refractivity contribution in [2.24, 2.45) is 5.92 Å². The molecule has 1 saturated heterocycles. The molecule has 1 unspecified atom stereocenters. The van der Waals surface area contributed by atoms with Gasteiger partial charge in [0.15, 0.2) is 0 Å². The van der Waals surface area contributed by atoms with Crippen LogP contribution in [0.4, 0.5) is 11.4 Å². The van der Waals surface area contributed by atoms with Crippen molar-refractivity contribution in [2.75, 3.05) is 16.2 Å². The number of carboxylic acids is 1. The number of nitrogens with one attached hydrogen (secondary N) is 2. The van der Waals surface area contributed by atoms with Crippen molar-refractivity contribution in [1.82, 2.24) is 10.2 Å². The fourth-order valence-electron chi connectivity index (χ4n) is 3.39. The zero-order valence-corrected chi connectivity index (χ0v) is 17.4. The van der Waals surface area contributed by atoms with Crippen molar-refractivity contribution in [1.29, 1.82) is 0 Å². The molecule has 32 heavy (non-hydrogen) atoms. The van der Waals surface area contributed by atoms with Crippen LogP contribution < -0.4 is 15.2 Å². The highest BCUT2D eigenvalue weighted by molar-refractivity contribution is 7.92. The van der Waals surface area contributed by atoms with E-state index in [0.29, 0.717) is 22.6 Å². The molecule has 1 aliphatic heterocycles. The highest BCUT2D eigenvalue weighted by Crippen LogP contribution is 2.27. The number of anilines is 2. The summed E-state index contributed by atoms with van der Waals surface area (Å²) in [5.41, 5.74) is 1.48. The second-order valence-corrected chi connectivity index (χ2v) is 8.91. The predicted molar refractivity (Wildman–Crippen MR) is 116 cm³/mol. The molecule has 1 aliphatic rings. The number of carbonyl (C=O) groups excluding carboxylic acids is 1. The van der Waals surface area contributed by atoms with Crippen molar-refractivity contribution in [2.45, 2.75) is 11.3 Å². The summed E-state index contributed by atoms with van der Waals surface area (Å²) < 4.78 is 28.1. The number of carboxylic acid groups (broad SMARTS) is 1. The summed E-state index contributed by atoms with van der Waals surface area (Å²) in [5, 5.41) is 15.4. The second-order valence-electron chi connectivity index (χ2n) is 7.23. The number of nitrogens with zero attached hydrogens (tertiary/aromatic N) is 2. The number of amides is 1. The Labute approximate surface area is 182 Å². The molecule has 164 valence electrons. The summed E-state index contributed by atoms with van der Waals surface area (Å²) in [5.74, 6) is -2.14. The molecule has 10 nitrogen and oxygen atoms in total. The Kier molecular flexibility index (Phi) is 5.49. The lowest BCUT2D eigenvalue weighted by Gasteiger charge is -2.17. The van der Waals surface area contributed by atoms with Gasteiger partial charge in [-0.05, 0) is 42.5 Å². The van der Waals surface area contributed by atoms with Crippen molar-refractivity contribution < 1.29 is 23.1 Å². The van der Waals surface area contributed by atoms with Gasteiger partial charge in [-0.1, -0.05) is 12.1 Å². The lowest BCUT2D eigenvalue weighted by molar-refractivity contribution is -0.141. The van der Waals surface area contributed by atoms with Crippen LogP contribution in [0.15, 0.2) is 70.4 Å². The van der Waals surface area contributed by atoms with E-state index < -0.39 is 21.9 Å². The molecule has 2 heterocycles. The molecular weight excluding hydrogens is 436 g/mol. The van der Waals surface area contributed by atoms with E-state index in [2.05, 4.69) is 14.9 Å². The maximum Gasteiger partial charge on any atom is 0.308 e. The quantitative estimate of drug-likeness (QED) is 0.513. The van der Waals surface area contributed by atoms with E-state index in [4.69, 9.17) is 5.11 Å². The highest BCUT2D eigenvalue weighted by Gasteiger charge is 2.35. The van der Waals surface area contributed by atoms with Gasteiger partial charge >= 0.3 is 5.97 Å². The summed E-state index contributed by atoms with van der Waals surface area (Å²) in [6.45, 7) is 0.0457. The minimum absolute atomic E-state index is 0.0183. The third-order valence-corrected chi connectivity index (χ3v) is 6.42. The van der Waals surface area contributed by atoms with Crippen LogP contribution in [0.25, 0.3) is 11.3 Å². The molecule has 4 rings (SSSR count). The van der Waals surface area contributed by atoms with Crippen molar-refractivity contribution in [3.8, 4) is 11.3 Å². The van der Waals surface area contributed by atoms with Crippen molar-refractivity contribution >= 4 is 33.3 Å². The van der Waals surface area contributed by atoms with Crippen LogP contribution in [-0.2, 0) is 19.6 Å². The summed E-state index contributed by atoms with van der Waals surface area (Å²) in [7, 11) is -3.92. The number of aromatic nitrogens is 2. The average molecular weight is 454 g/mol. The molecule has 0 radical (unpaired) electrons. The van der Waals surface area contributed by atoms with Crippen molar-refractivity contribution in [3.05, 3.63) is 71.0 Å². The largest absolute Gasteiger partial charge is 0.481 e. The van der Waals surface area contributed by atoms with E-state index in [0.717, 1.165) is 0 Å². The van der Waals surface area contributed by atoms with Gasteiger partial charge in [0, 0.05) is 36.0 Å². The minimum Gasteiger partial charge on any atom is -0.481 e. The molecule has 3 N–H and O–H groups in total. The Morgan fingerprint density at radius 2 is 1.84 bits per heavy atom. The Bertz CT molecular complexity index is 1330. The lowest BCUT2D eigenvalue weighted by atomic mass is 10.1. The standard InChI is InChI=1S/C21H18N4O6S/c26-19-9-8-18(22-23-19)13-2-1-3-15(10-13)24-32(30,31)17-6-4-16(5-7-17)25-12-14(21(28)29)11-20(25)27/h1-10,14,24H,11-12H2,(H,23,26)(H,28,29). The van der Waals surface area contributed by atoms with Crippen molar-refractivity contribution in [3.63, 3.8) is 0 Å². The monoisotopic (exact) mass is 454 g/mol. The Hall–Kier alpha value is -3.99. The van der Waals surface area contributed by atoms with Crippen LogP contribution >= 0.6 is 0 Å². The summed E-state index contributed by atoms with van der Waals surface area (Å²) >= 11 is 0. The van der Waals surface area contributed by atoms with Gasteiger partial charge in [0.1, 0.15) is 0 Å². The lowest BCUT2D eigenvalue weighted by Crippen LogP contribution is -2.25. The maximum absolute atomic E-state index is 12.8. The van der Waals surface area contributed by atoms with E-state index in [1.165, 1.54) is 41.3 Å². The Balaban J connectivity index is 1.52. The first-order valence-corrected chi connectivity index (χ1v) is 11.0. The number of sulfonamides is 1. The van der Waals surface area contributed by atoms with Crippen LogP contribution in [0.3, 0.4) is 0 Å². The normalized spacial score (nSPS) is 16.2. The zero-order chi connectivity index (χ0) is 22.9. The highest BCUT2D eigenvalue weighted by atomic mass is 32.2. The second kappa shape index (κ2) is 8.27. The molecule has 1 amide bonds. The van der Waals surface area contributed by atoms with E-state index in [9.17, 15) is 22.8 Å². The van der Waals surface area contributed by atoms with Crippen LogP contribution in [0.2, 0.25) is 0 Å². The van der Waals surface area contributed by atoms with Gasteiger partial charge < -0.3 is 10.0 Å². The third kappa shape index (κ3) is 4.37. The SMILES string of the molecule is O=C(O)C1CC(=O)N(c2ccc(S(=O)(=O)Nc3cccc(-c4ccc(=O)[nH]n4)c3)cc2)C1. The predicted octanol–water partition coefficient (Wildman–Crippen LogP) is 1.68. The molecule has 3 aromatic rings. The number of hydrogen-bond acceptors (Lipinski definition) is 6. The van der Waals surface area contributed by atoms with E-state index >= 15 is 0 Å². The maximum atomic E-state index is 12.8. The van der Waals surface area contributed by atoms with Gasteiger partial charge in [-0.25, -0.2) is 13.5 Å². The average Bonchev–Trinajstić information content (AvgIpc) is 3.16. The van der Waals surface area contributed by atoms with Crippen LogP contribution in [0.5, 0.6) is 0 Å². The first-order valence-electron chi connectivity index (χ1n) is 9.55. The summed E-state index contributed by atoms with van der Waals surface area (Å²) in [4.78, 5) is 35.7. The number of carbonyl (C=O) groups is 2. The molecule has 0 spiro atoms. The van der Waals surface area contributed by atoms with E-state index in [-0.39, 0.29) is 29.3 Å². The van der Waals surface area contributed by atoms with Crippen LogP contribution in [-0.4, -0.2) is 42.1 Å². The molecule has 0 bridgehead atoms. The van der Waals surface area contributed by atoms with E-state index in [1.54, 1.807) is 24.3 Å². The van der Waals surface area contributed by atoms with Gasteiger partial charge in [-0.3, -0.25) is 19.1 Å². The zero-order valence-electron chi connectivity index (χ0n) is 16.6. The molecule has 1 fully saturated rings. The first-order chi connectivity index (χ1) is 15.2. The molecule has 1 atom stereocenters.